The van der Waals surface area contributed by atoms with Gasteiger partial charge in [0.1, 0.15) is 17.1 Å². The van der Waals surface area contributed by atoms with E-state index in [9.17, 15) is 4.79 Å². The fourth-order valence-corrected chi connectivity index (χ4v) is 3.50. The van der Waals surface area contributed by atoms with Gasteiger partial charge in [-0.1, -0.05) is 12.1 Å². The summed E-state index contributed by atoms with van der Waals surface area (Å²) in [6, 6.07) is 11.8. The predicted molar refractivity (Wildman–Crippen MR) is 91.4 cm³/mol. The molecule has 2 heterocycles. The van der Waals surface area contributed by atoms with Crippen molar-refractivity contribution in [3.63, 3.8) is 0 Å². The Morgan fingerprint density at radius 2 is 2.00 bits per heavy atom. The van der Waals surface area contributed by atoms with Crippen molar-refractivity contribution in [3.05, 3.63) is 58.0 Å². The molecule has 4 rings (SSSR count). The highest BCUT2D eigenvalue weighted by Crippen LogP contribution is 2.47. The summed E-state index contributed by atoms with van der Waals surface area (Å²) in [7, 11) is 1.67. The third kappa shape index (κ3) is 2.69. The highest BCUT2D eigenvalue weighted by Gasteiger charge is 2.53. The van der Waals surface area contributed by atoms with E-state index in [4.69, 9.17) is 9.47 Å². The van der Waals surface area contributed by atoms with E-state index in [2.05, 4.69) is 28.9 Å². The van der Waals surface area contributed by atoms with E-state index in [1.54, 1.807) is 19.2 Å². The first-order valence-electron chi connectivity index (χ1n) is 8.38. The molecule has 1 spiro atoms. The summed E-state index contributed by atoms with van der Waals surface area (Å²) in [6.45, 7) is 3.72. The average molecular weight is 326 g/mol. The Labute approximate surface area is 141 Å². The van der Waals surface area contributed by atoms with E-state index in [0.717, 1.165) is 36.6 Å². The fraction of sp³-hybridized carbons (Fsp3) is 0.421. The Hall–Kier alpha value is -2.27. The quantitative estimate of drug-likeness (QED) is 0.942. The number of methoxy groups -OCH3 is 1. The average Bonchev–Trinajstić information content (AvgIpc) is 3.38. The zero-order valence-electron chi connectivity index (χ0n) is 14.0. The van der Waals surface area contributed by atoms with Crippen LogP contribution in [0.4, 0.5) is 0 Å². The van der Waals surface area contributed by atoms with Gasteiger partial charge in [0.25, 0.3) is 0 Å². The van der Waals surface area contributed by atoms with Crippen molar-refractivity contribution in [1.29, 1.82) is 0 Å². The van der Waals surface area contributed by atoms with Gasteiger partial charge in [-0.2, -0.15) is 0 Å². The lowest BCUT2D eigenvalue weighted by Gasteiger charge is -2.31. The van der Waals surface area contributed by atoms with E-state index in [-0.39, 0.29) is 17.2 Å². The largest absolute Gasteiger partial charge is 0.497 e. The third-order valence-electron chi connectivity index (χ3n) is 5.23. The maximum Gasteiger partial charge on any atom is 0.248 e. The molecule has 0 saturated heterocycles. The van der Waals surface area contributed by atoms with Crippen LogP contribution >= 0.6 is 0 Å². The number of benzene rings is 1. The van der Waals surface area contributed by atoms with Gasteiger partial charge in [-0.15, -0.1) is 0 Å². The van der Waals surface area contributed by atoms with Gasteiger partial charge in [-0.3, -0.25) is 9.69 Å². The number of aromatic nitrogens is 1. The van der Waals surface area contributed by atoms with Crippen LogP contribution in [0, 0.1) is 0 Å². The lowest BCUT2D eigenvalue weighted by Crippen LogP contribution is -2.43. The van der Waals surface area contributed by atoms with Crippen molar-refractivity contribution < 1.29 is 9.47 Å². The van der Waals surface area contributed by atoms with Crippen molar-refractivity contribution in [2.45, 2.75) is 44.5 Å². The van der Waals surface area contributed by atoms with E-state index >= 15 is 0 Å². The van der Waals surface area contributed by atoms with Gasteiger partial charge in [0.05, 0.1) is 12.8 Å². The minimum absolute atomic E-state index is 0.0823. The zero-order chi connectivity index (χ0) is 16.7. The molecule has 24 heavy (non-hydrogen) atoms. The normalized spacial score (nSPS) is 21.7. The Balaban J connectivity index is 1.64. The molecule has 0 bridgehead atoms. The van der Waals surface area contributed by atoms with Crippen molar-refractivity contribution in [2.24, 2.45) is 0 Å². The van der Waals surface area contributed by atoms with Gasteiger partial charge in [-0.25, -0.2) is 0 Å². The van der Waals surface area contributed by atoms with E-state index in [1.807, 2.05) is 12.1 Å². The van der Waals surface area contributed by atoms with Crippen LogP contribution in [0.15, 0.2) is 41.2 Å². The van der Waals surface area contributed by atoms with Gasteiger partial charge in [0.15, 0.2) is 0 Å². The van der Waals surface area contributed by atoms with Crippen LogP contribution in [0.25, 0.3) is 0 Å². The Morgan fingerprint density at radius 1 is 1.25 bits per heavy atom. The monoisotopic (exact) mass is 326 g/mol. The predicted octanol–water partition coefficient (Wildman–Crippen LogP) is 2.70. The molecule has 1 aliphatic heterocycles. The molecule has 5 heteroatoms. The van der Waals surface area contributed by atoms with Gasteiger partial charge in [-0.05, 0) is 43.5 Å². The Morgan fingerprint density at radius 3 is 2.67 bits per heavy atom. The molecule has 2 aliphatic rings. The van der Waals surface area contributed by atoms with Crippen LogP contribution in [0.1, 0.15) is 31.0 Å². The van der Waals surface area contributed by atoms with Crippen LogP contribution in [0.3, 0.4) is 0 Å². The highest BCUT2D eigenvalue weighted by atomic mass is 16.5. The molecule has 0 radical (unpaired) electrons. The number of fused-ring (bicyclic) bond motifs is 1. The molecule has 5 nitrogen and oxygen atoms in total. The number of pyridine rings is 1. The molecule has 0 amide bonds. The number of aromatic amines is 1. The van der Waals surface area contributed by atoms with Crippen LogP contribution in [0.2, 0.25) is 0 Å². The Kier molecular flexibility index (Phi) is 3.61. The molecule has 1 aromatic carbocycles. The van der Waals surface area contributed by atoms with Crippen LogP contribution in [0.5, 0.6) is 11.5 Å². The molecule has 1 fully saturated rings. The molecule has 1 atom stereocenters. The van der Waals surface area contributed by atoms with Crippen molar-refractivity contribution in [1.82, 2.24) is 9.88 Å². The number of nitrogens with one attached hydrogen (secondary N) is 1. The molecule has 0 unspecified atom stereocenters. The lowest BCUT2D eigenvalue weighted by molar-refractivity contribution is 0.0642. The standard InChI is InChI=1S/C19H22N2O3/c1-13-19(9-10-19)24-17-7-8-18(22)20-16(17)12-21(13)11-14-3-5-15(23-2)6-4-14/h3-8,13H,9-12H2,1-2H3,(H,20,22)/t13-/m1/s1. The number of ether oxygens (including phenoxy) is 2. The van der Waals surface area contributed by atoms with Crippen LogP contribution in [-0.4, -0.2) is 28.6 Å². The summed E-state index contributed by atoms with van der Waals surface area (Å²) in [5.41, 5.74) is 1.89. The van der Waals surface area contributed by atoms with Gasteiger partial charge in [0.2, 0.25) is 5.56 Å². The summed E-state index contributed by atoms with van der Waals surface area (Å²) in [5.74, 6) is 1.68. The number of rotatable bonds is 3. The molecular weight excluding hydrogens is 304 g/mol. The van der Waals surface area contributed by atoms with Crippen molar-refractivity contribution in [2.75, 3.05) is 7.11 Å². The highest BCUT2D eigenvalue weighted by molar-refractivity contribution is 5.32. The summed E-state index contributed by atoms with van der Waals surface area (Å²) in [6.07, 6.45) is 2.12. The van der Waals surface area contributed by atoms with E-state index in [1.165, 1.54) is 5.56 Å². The Bertz CT molecular complexity index is 793. The second-order valence-corrected chi connectivity index (χ2v) is 6.76. The van der Waals surface area contributed by atoms with Gasteiger partial charge < -0.3 is 14.5 Å². The second kappa shape index (κ2) is 5.67. The molecular formula is C19H22N2O3. The second-order valence-electron chi connectivity index (χ2n) is 6.76. The first-order valence-corrected chi connectivity index (χ1v) is 8.38. The first-order chi connectivity index (χ1) is 11.6. The minimum atomic E-state index is -0.115. The lowest BCUT2D eigenvalue weighted by atomic mass is 10.1. The number of H-pyrrole nitrogens is 1. The molecule has 1 saturated carbocycles. The van der Waals surface area contributed by atoms with Crippen molar-refractivity contribution in [3.8, 4) is 11.5 Å². The minimum Gasteiger partial charge on any atom is -0.497 e. The molecule has 126 valence electrons. The summed E-state index contributed by atoms with van der Waals surface area (Å²) < 4.78 is 11.5. The van der Waals surface area contributed by atoms with Crippen molar-refractivity contribution >= 4 is 0 Å². The van der Waals surface area contributed by atoms with Gasteiger partial charge in [0, 0.05) is 25.2 Å². The fourth-order valence-electron chi connectivity index (χ4n) is 3.50. The maximum absolute atomic E-state index is 11.7. The maximum atomic E-state index is 11.7. The van der Waals surface area contributed by atoms with Crippen LogP contribution in [-0.2, 0) is 13.1 Å². The molecule has 1 aromatic heterocycles. The number of hydrogen-bond acceptors (Lipinski definition) is 4. The zero-order valence-corrected chi connectivity index (χ0v) is 14.0. The summed E-state index contributed by atoms with van der Waals surface area (Å²) >= 11 is 0. The molecule has 2 aromatic rings. The van der Waals surface area contributed by atoms with Crippen LogP contribution < -0.4 is 15.0 Å². The number of nitrogens with zero attached hydrogens (tertiary/aromatic N) is 1. The van der Waals surface area contributed by atoms with E-state index in [0.29, 0.717) is 6.54 Å². The third-order valence-corrected chi connectivity index (χ3v) is 5.23. The SMILES string of the molecule is COc1ccc(CN2Cc3[nH]c(=O)ccc3OC3(CC3)[C@H]2C)cc1. The summed E-state index contributed by atoms with van der Waals surface area (Å²) in [4.78, 5) is 17.0. The first kappa shape index (κ1) is 15.3. The molecule has 1 aliphatic carbocycles. The summed E-state index contributed by atoms with van der Waals surface area (Å²) in [5, 5.41) is 0. The van der Waals surface area contributed by atoms with Gasteiger partial charge >= 0.3 is 0 Å². The molecule has 1 N–H and O–H groups in total. The smallest absolute Gasteiger partial charge is 0.248 e. The number of hydrogen-bond donors (Lipinski definition) is 1. The van der Waals surface area contributed by atoms with E-state index < -0.39 is 0 Å². The topological polar surface area (TPSA) is 54.6 Å².